The molecule has 32 heavy (non-hydrogen) atoms. The van der Waals surface area contributed by atoms with Gasteiger partial charge in [0.1, 0.15) is 17.2 Å². The van der Waals surface area contributed by atoms with Crippen molar-refractivity contribution in [2.24, 2.45) is 5.73 Å². The highest BCUT2D eigenvalue weighted by molar-refractivity contribution is 5.99. The number of nitrogens with two attached hydrogens (primary N) is 1. The van der Waals surface area contributed by atoms with Gasteiger partial charge in [-0.15, -0.1) is 0 Å². The van der Waals surface area contributed by atoms with E-state index in [9.17, 15) is 14.4 Å². The molecule has 0 amide bonds. The first-order chi connectivity index (χ1) is 15.4. The summed E-state index contributed by atoms with van der Waals surface area (Å²) < 4.78 is 6.66. The van der Waals surface area contributed by atoms with Gasteiger partial charge in [-0.3, -0.25) is 19.0 Å². The van der Waals surface area contributed by atoms with E-state index in [4.69, 9.17) is 10.5 Å². The van der Waals surface area contributed by atoms with Crippen molar-refractivity contribution >= 4 is 34.6 Å². The topological polar surface area (TPSA) is 142 Å². The van der Waals surface area contributed by atoms with Crippen LogP contribution in [0.4, 0.5) is 11.8 Å². The van der Waals surface area contributed by atoms with Gasteiger partial charge in [0.05, 0.1) is 18.3 Å². The summed E-state index contributed by atoms with van der Waals surface area (Å²) in [5, 5.41) is 3.67. The molecular weight excluding hydrogens is 412 g/mol. The van der Waals surface area contributed by atoms with Crippen LogP contribution in [0.3, 0.4) is 0 Å². The zero-order chi connectivity index (χ0) is 22.8. The normalized spacial score (nSPS) is 14.0. The second-order valence-electron chi connectivity index (χ2n) is 7.78. The van der Waals surface area contributed by atoms with E-state index in [1.54, 1.807) is 29.8 Å². The van der Waals surface area contributed by atoms with Crippen molar-refractivity contribution in [1.82, 2.24) is 19.5 Å². The number of aryl methyl sites for hydroxylation is 1. The zero-order valence-corrected chi connectivity index (χ0v) is 17.9. The van der Waals surface area contributed by atoms with E-state index in [2.05, 4.69) is 20.3 Å². The minimum absolute atomic E-state index is 0.00101. The summed E-state index contributed by atoms with van der Waals surface area (Å²) in [6, 6.07) is 3.18. The van der Waals surface area contributed by atoms with Crippen molar-refractivity contribution < 1.29 is 14.3 Å². The van der Waals surface area contributed by atoms with Gasteiger partial charge in [-0.05, 0) is 44.4 Å². The molecule has 1 aliphatic rings. The molecule has 3 heterocycles. The maximum Gasteiger partial charge on any atom is 0.325 e. The lowest BCUT2D eigenvalue weighted by atomic mass is 10.0. The van der Waals surface area contributed by atoms with Crippen molar-refractivity contribution in [3.63, 3.8) is 0 Å². The molecule has 3 aromatic heterocycles. The largest absolute Gasteiger partial charge is 0.424 e. The molecule has 0 bridgehead atoms. The van der Waals surface area contributed by atoms with Crippen LogP contribution >= 0.6 is 0 Å². The Hall–Kier alpha value is -3.66. The molecular formula is C22H24N6O4. The monoisotopic (exact) mass is 436 g/mol. The molecule has 3 aromatic rings. The number of ether oxygens (including phenoxy) is 1. The van der Waals surface area contributed by atoms with Gasteiger partial charge in [-0.2, -0.15) is 4.98 Å². The molecule has 0 spiro atoms. The Morgan fingerprint density at radius 3 is 2.59 bits per heavy atom. The Bertz CT molecular complexity index is 1250. The van der Waals surface area contributed by atoms with Crippen LogP contribution in [0.1, 0.15) is 54.6 Å². The van der Waals surface area contributed by atoms with E-state index in [1.165, 1.54) is 13.1 Å². The quantitative estimate of drug-likeness (QED) is 0.440. The predicted molar refractivity (Wildman–Crippen MR) is 118 cm³/mol. The van der Waals surface area contributed by atoms with Crippen LogP contribution in [-0.2, 0) is 4.79 Å². The average molecular weight is 436 g/mol. The second-order valence-corrected chi connectivity index (χ2v) is 7.78. The lowest BCUT2D eigenvalue weighted by Crippen LogP contribution is -2.30. The van der Waals surface area contributed by atoms with Crippen LogP contribution in [-0.4, -0.2) is 37.8 Å². The summed E-state index contributed by atoms with van der Waals surface area (Å²) in [7, 11) is 0. The number of Topliss-reactive ketones (excluding diaryl/α,β-unsaturated/α-hetero) is 1. The van der Waals surface area contributed by atoms with E-state index >= 15 is 0 Å². The molecule has 1 saturated carbocycles. The maximum absolute atomic E-state index is 13.3. The third-order valence-corrected chi connectivity index (χ3v) is 5.62. The van der Waals surface area contributed by atoms with Gasteiger partial charge in [0.2, 0.25) is 5.95 Å². The SMILES string of the molecule is CC(=O)c1c(C)c2cnc(Nc3ccc(OC(=O)CN)cn3)nc2n(C2CCCC2)c1=O. The van der Waals surface area contributed by atoms with Gasteiger partial charge in [-0.1, -0.05) is 12.8 Å². The van der Waals surface area contributed by atoms with E-state index in [0.29, 0.717) is 22.4 Å². The molecule has 1 fully saturated rings. The second kappa shape index (κ2) is 8.83. The lowest BCUT2D eigenvalue weighted by molar-refractivity contribution is -0.132. The van der Waals surface area contributed by atoms with E-state index in [-0.39, 0.29) is 41.2 Å². The summed E-state index contributed by atoms with van der Waals surface area (Å²) in [6.45, 7) is 2.93. The standard InChI is InChI=1S/C22H24N6O4/c1-12-16-11-25-22(26-17-8-7-15(10-24-17)32-18(30)9-23)27-20(16)28(14-5-3-4-6-14)21(31)19(12)13(2)29/h7-8,10-11,14H,3-6,9,23H2,1-2H3,(H,24,25,26,27). The van der Waals surface area contributed by atoms with Crippen LogP contribution in [0.25, 0.3) is 11.0 Å². The van der Waals surface area contributed by atoms with Crippen molar-refractivity contribution in [2.45, 2.75) is 45.6 Å². The molecule has 166 valence electrons. The highest BCUT2D eigenvalue weighted by atomic mass is 16.5. The summed E-state index contributed by atoms with van der Waals surface area (Å²) in [5.41, 5.74) is 6.21. The van der Waals surface area contributed by atoms with Crippen LogP contribution in [0, 0.1) is 6.92 Å². The number of nitrogens with zero attached hydrogens (tertiary/aromatic N) is 4. The molecule has 10 heteroatoms. The smallest absolute Gasteiger partial charge is 0.325 e. The Morgan fingerprint density at radius 2 is 1.97 bits per heavy atom. The van der Waals surface area contributed by atoms with Crippen molar-refractivity contribution in [1.29, 1.82) is 0 Å². The minimum atomic E-state index is -0.560. The molecule has 0 saturated heterocycles. The maximum atomic E-state index is 13.3. The first-order valence-electron chi connectivity index (χ1n) is 10.5. The predicted octanol–water partition coefficient (Wildman–Crippen LogP) is 2.42. The molecule has 0 radical (unpaired) electrons. The first-order valence-corrected chi connectivity index (χ1v) is 10.5. The van der Waals surface area contributed by atoms with E-state index in [1.807, 2.05) is 0 Å². The third kappa shape index (κ3) is 4.09. The number of carbonyl (C=O) groups excluding carboxylic acids is 2. The average Bonchev–Trinajstić information content (AvgIpc) is 3.29. The number of fused-ring (bicyclic) bond motifs is 1. The summed E-state index contributed by atoms with van der Waals surface area (Å²) in [6.07, 6.45) is 6.80. The Labute approximate surface area is 183 Å². The number of anilines is 2. The van der Waals surface area contributed by atoms with E-state index in [0.717, 1.165) is 25.7 Å². The fourth-order valence-corrected chi connectivity index (χ4v) is 4.11. The van der Waals surface area contributed by atoms with Crippen LogP contribution in [0.5, 0.6) is 5.75 Å². The van der Waals surface area contributed by atoms with E-state index < -0.39 is 5.97 Å². The lowest BCUT2D eigenvalue weighted by Gasteiger charge is -2.19. The molecule has 0 aliphatic heterocycles. The number of nitrogens with one attached hydrogen (secondary N) is 1. The highest BCUT2D eigenvalue weighted by Gasteiger charge is 2.25. The number of esters is 1. The number of hydrogen-bond acceptors (Lipinski definition) is 9. The van der Waals surface area contributed by atoms with Gasteiger partial charge in [-0.25, -0.2) is 9.97 Å². The van der Waals surface area contributed by atoms with Gasteiger partial charge in [0.15, 0.2) is 5.78 Å². The number of hydrogen-bond donors (Lipinski definition) is 2. The summed E-state index contributed by atoms with van der Waals surface area (Å²) in [5.74, 6) is 0.146. The highest BCUT2D eigenvalue weighted by Crippen LogP contribution is 2.32. The first kappa shape index (κ1) is 21.6. The molecule has 0 aromatic carbocycles. The fourth-order valence-electron chi connectivity index (χ4n) is 4.11. The van der Waals surface area contributed by atoms with Crippen LogP contribution in [0.15, 0.2) is 29.3 Å². The van der Waals surface area contributed by atoms with Gasteiger partial charge >= 0.3 is 5.97 Å². The number of carbonyl (C=O) groups is 2. The summed E-state index contributed by atoms with van der Waals surface area (Å²) in [4.78, 5) is 49.9. The zero-order valence-electron chi connectivity index (χ0n) is 17.9. The molecule has 3 N–H and O–H groups in total. The van der Waals surface area contributed by atoms with Crippen molar-refractivity contribution in [3.05, 3.63) is 46.0 Å². The van der Waals surface area contributed by atoms with Crippen LogP contribution < -0.4 is 21.3 Å². The number of rotatable bonds is 6. The Balaban J connectivity index is 1.74. The molecule has 4 rings (SSSR count). The molecule has 0 atom stereocenters. The molecule has 0 unspecified atom stereocenters. The van der Waals surface area contributed by atoms with Gasteiger partial charge in [0, 0.05) is 17.6 Å². The Morgan fingerprint density at radius 1 is 1.22 bits per heavy atom. The number of aromatic nitrogens is 4. The van der Waals surface area contributed by atoms with Gasteiger partial charge in [0.25, 0.3) is 5.56 Å². The molecule has 1 aliphatic carbocycles. The van der Waals surface area contributed by atoms with Crippen molar-refractivity contribution in [3.8, 4) is 5.75 Å². The molecule has 10 nitrogen and oxygen atoms in total. The van der Waals surface area contributed by atoms with Crippen LogP contribution in [0.2, 0.25) is 0 Å². The minimum Gasteiger partial charge on any atom is -0.424 e. The van der Waals surface area contributed by atoms with Gasteiger partial charge < -0.3 is 15.8 Å². The fraction of sp³-hybridized carbons (Fsp3) is 0.364. The number of ketones is 1. The number of pyridine rings is 2. The Kier molecular flexibility index (Phi) is 5.95. The van der Waals surface area contributed by atoms with Crippen molar-refractivity contribution in [2.75, 3.05) is 11.9 Å². The third-order valence-electron chi connectivity index (χ3n) is 5.62. The summed E-state index contributed by atoms with van der Waals surface area (Å²) >= 11 is 0.